The smallest absolute Gasteiger partial charge is 0.0483 e. The zero-order chi connectivity index (χ0) is 14.5. The van der Waals surface area contributed by atoms with E-state index in [-0.39, 0.29) is 0 Å². The molecule has 0 saturated carbocycles. The Morgan fingerprint density at radius 2 is 1.71 bits per heavy atom. The van der Waals surface area contributed by atoms with Crippen LogP contribution in [0.2, 0.25) is 0 Å². The van der Waals surface area contributed by atoms with Crippen LogP contribution in [0, 0.1) is 0 Å². The summed E-state index contributed by atoms with van der Waals surface area (Å²) in [6, 6.07) is 19.4. The van der Waals surface area contributed by atoms with Crippen LogP contribution in [0.25, 0.3) is 10.9 Å². The van der Waals surface area contributed by atoms with E-state index in [1.54, 1.807) is 0 Å². The monoisotopic (exact) mass is 278 g/mol. The van der Waals surface area contributed by atoms with E-state index in [0.29, 0.717) is 0 Å². The van der Waals surface area contributed by atoms with Gasteiger partial charge in [0.1, 0.15) is 0 Å². The van der Waals surface area contributed by atoms with Crippen LogP contribution >= 0.6 is 0 Å². The molecule has 2 aromatic carbocycles. The van der Waals surface area contributed by atoms with Crippen LogP contribution in [-0.2, 0) is 19.5 Å². The normalized spacial score (nSPS) is 11.1. The van der Waals surface area contributed by atoms with Crippen LogP contribution in [-0.4, -0.2) is 11.1 Å². The molecule has 0 aliphatic carbocycles. The number of benzene rings is 2. The van der Waals surface area contributed by atoms with Crippen LogP contribution in [0.1, 0.15) is 18.1 Å². The Morgan fingerprint density at radius 3 is 2.52 bits per heavy atom. The maximum absolute atomic E-state index is 3.43. The van der Waals surface area contributed by atoms with Crippen molar-refractivity contribution in [1.82, 2.24) is 9.88 Å². The van der Waals surface area contributed by atoms with E-state index in [4.69, 9.17) is 0 Å². The first-order valence-corrected chi connectivity index (χ1v) is 7.70. The van der Waals surface area contributed by atoms with Crippen LogP contribution in [0.15, 0.2) is 60.8 Å². The van der Waals surface area contributed by atoms with E-state index in [1.165, 1.54) is 22.0 Å². The lowest BCUT2D eigenvalue weighted by Gasteiger charge is -2.05. The largest absolute Gasteiger partial charge is 0.347 e. The fourth-order valence-electron chi connectivity index (χ4n) is 2.80. The highest BCUT2D eigenvalue weighted by Gasteiger charge is 2.07. The highest BCUT2D eigenvalue weighted by molar-refractivity contribution is 5.83. The molecule has 0 fully saturated rings. The van der Waals surface area contributed by atoms with E-state index in [9.17, 15) is 0 Å². The Labute approximate surface area is 126 Å². The molecule has 1 aromatic heterocycles. The van der Waals surface area contributed by atoms with Crippen molar-refractivity contribution in [2.75, 3.05) is 6.54 Å². The fraction of sp³-hybridized carbons (Fsp3) is 0.263. The lowest BCUT2D eigenvalue weighted by atomic mass is 10.1. The van der Waals surface area contributed by atoms with Gasteiger partial charge in [0.15, 0.2) is 0 Å². The molecule has 3 aromatic rings. The summed E-state index contributed by atoms with van der Waals surface area (Å²) in [7, 11) is 0. The molecule has 0 aliphatic heterocycles. The number of nitrogens with zero attached hydrogens (tertiary/aromatic N) is 1. The topological polar surface area (TPSA) is 17.0 Å². The molecular weight excluding hydrogens is 256 g/mol. The first-order chi connectivity index (χ1) is 10.4. The molecule has 3 rings (SSSR count). The van der Waals surface area contributed by atoms with Crippen molar-refractivity contribution in [2.24, 2.45) is 0 Å². The number of hydrogen-bond acceptors (Lipinski definition) is 1. The Morgan fingerprint density at radius 1 is 0.952 bits per heavy atom. The zero-order valence-corrected chi connectivity index (χ0v) is 12.5. The molecule has 0 saturated heterocycles. The molecule has 108 valence electrons. The molecule has 0 amide bonds. The predicted octanol–water partition coefficient (Wildman–Crippen LogP) is 3.99. The minimum atomic E-state index is 0.940. The Balaban J connectivity index is 1.84. The highest BCUT2D eigenvalue weighted by atomic mass is 15.0. The first-order valence-electron chi connectivity index (χ1n) is 7.70. The third-order valence-electron chi connectivity index (χ3n) is 3.92. The van der Waals surface area contributed by atoms with Gasteiger partial charge in [0.2, 0.25) is 0 Å². The summed E-state index contributed by atoms with van der Waals surface area (Å²) >= 11 is 0. The molecule has 1 heterocycles. The minimum Gasteiger partial charge on any atom is -0.347 e. The quantitative estimate of drug-likeness (QED) is 0.721. The third kappa shape index (κ3) is 3.17. The second-order valence-electron chi connectivity index (χ2n) is 5.38. The van der Waals surface area contributed by atoms with Crippen LogP contribution in [0.5, 0.6) is 0 Å². The van der Waals surface area contributed by atoms with Gasteiger partial charge in [-0.3, -0.25) is 0 Å². The van der Waals surface area contributed by atoms with Gasteiger partial charge in [-0.15, -0.1) is 0 Å². The average Bonchev–Trinajstić information content (AvgIpc) is 2.90. The predicted molar refractivity (Wildman–Crippen MR) is 89.5 cm³/mol. The maximum atomic E-state index is 3.43. The van der Waals surface area contributed by atoms with Crippen molar-refractivity contribution in [1.29, 1.82) is 0 Å². The molecule has 21 heavy (non-hydrogen) atoms. The third-order valence-corrected chi connectivity index (χ3v) is 3.92. The van der Waals surface area contributed by atoms with Gasteiger partial charge in [0.05, 0.1) is 0 Å². The molecule has 2 nitrogen and oxygen atoms in total. The number of hydrogen-bond donors (Lipinski definition) is 1. The second-order valence-corrected chi connectivity index (χ2v) is 5.38. The minimum absolute atomic E-state index is 0.940. The van der Waals surface area contributed by atoms with Crippen LogP contribution in [0.4, 0.5) is 0 Å². The number of aromatic nitrogens is 1. The van der Waals surface area contributed by atoms with Crippen molar-refractivity contribution >= 4 is 10.9 Å². The lowest BCUT2D eigenvalue weighted by Crippen LogP contribution is -2.11. The Kier molecular flexibility index (Phi) is 4.37. The Bertz CT molecular complexity index is 698. The number of nitrogens with one attached hydrogen (secondary N) is 1. The lowest BCUT2D eigenvalue weighted by molar-refractivity contribution is 0.702. The van der Waals surface area contributed by atoms with Crippen LogP contribution < -0.4 is 5.32 Å². The van der Waals surface area contributed by atoms with Gasteiger partial charge >= 0.3 is 0 Å². The van der Waals surface area contributed by atoms with Gasteiger partial charge in [-0.1, -0.05) is 55.5 Å². The molecule has 0 spiro atoms. The summed E-state index contributed by atoms with van der Waals surface area (Å²) in [5.74, 6) is 0. The summed E-state index contributed by atoms with van der Waals surface area (Å²) in [5.41, 5.74) is 4.12. The van der Waals surface area contributed by atoms with E-state index in [2.05, 4.69) is 77.6 Å². The van der Waals surface area contributed by atoms with Crippen molar-refractivity contribution in [3.05, 3.63) is 71.9 Å². The van der Waals surface area contributed by atoms with Gasteiger partial charge in [0.25, 0.3) is 0 Å². The molecule has 0 atom stereocenters. The molecule has 0 unspecified atom stereocenters. The zero-order valence-electron chi connectivity index (χ0n) is 12.5. The van der Waals surface area contributed by atoms with E-state index < -0.39 is 0 Å². The van der Waals surface area contributed by atoms with E-state index in [0.717, 1.165) is 26.1 Å². The van der Waals surface area contributed by atoms with Crippen molar-refractivity contribution in [3.8, 4) is 0 Å². The molecule has 0 bridgehead atoms. The van der Waals surface area contributed by atoms with Crippen molar-refractivity contribution < 1.29 is 0 Å². The second kappa shape index (κ2) is 6.59. The molecule has 0 aliphatic rings. The summed E-state index contributed by atoms with van der Waals surface area (Å²) in [6.07, 6.45) is 3.37. The summed E-state index contributed by atoms with van der Waals surface area (Å²) in [6.45, 7) is 5.12. The van der Waals surface area contributed by atoms with E-state index in [1.807, 2.05) is 0 Å². The summed E-state index contributed by atoms with van der Waals surface area (Å²) in [4.78, 5) is 0. The van der Waals surface area contributed by atoms with Crippen molar-refractivity contribution in [3.63, 3.8) is 0 Å². The summed E-state index contributed by atoms with van der Waals surface area (Å²) < 4.78 is 2.38. The van der Waals surface area contributed by atoms with Crippen molar-refractivity contribution in [2.45, 2.75) is 26.4 Å². The molecular formula is C19H22N2. The molecule has 2 heteroatoms. The fourth-order valence-corrected chi connectivity index (χ4v) is 2.80. The number of aryl methyl sites for hydroxylation is 2. The van der Waals surface area contributed by atoms with Gasteiger partial charge in [0, 0.05) is 30.2 Å². The number of para-hydroxylation sites is 1. The average molecular weight is 278 g/mol. The van der Waals surface area contributed by atoms with Gasteiger partial charge < -0.3 is 9.88 Å². The number of fused-ring (bicyclic) bond motifs is 1. The van der Waals surface area contributed by atoms with Gasteiger partial charge in [-0.05, 0) is 30.2 Å². The van der Waals surface area contributed by atoms with Crippen LogP contribution in [0.3, 0.4) is 0 Å². The first kappa shape index (κ1) is 13.9. The summed E-state index contributed by atoms with van der Waals surface area (Å²) in [5, 5.41) is 4.80. The van der Waals surface area contributed by atoms with E-state index >= 15 is 0 Å². The van der Waals surface area contributed by atoms with Gasteiger partial charge in [-0.2, -0.15) is 0 Å². The Hall–Kier alpha value is -2.06. The SMILES string of the molecule is CCNCc1cn(CCc2ccccc2)c2ccccc12. The maximum Gasteiger partial charge on any atom is 0.0483 e. The molecule has 1 N–H and O–H groups in total. The number of rotatable bonds is 6. The highest BCUT2D eigenvalue weighted by Crippen LogP contribution is 2.21. The molecule has 0 radical (unpaired) electrons. The van der Waals surface area contributed by atoms with Gasteiger partial charge in [-0.25, -0.2) is 0 Å². The standard InChI is InChI=1S/C19H22N2/c1-2-20-14-17-15-21(19-11-7-6-10-18(17)19)13-12-16-8-4-3-5-9-16/h3-11,15,20H,2,12-14H2,1H3.